The van der Waals surface area contributed by atoms with E-state index >= 15 is 0 Å². The van der Waals surface area contributed by atoms with Gasteiger partial charge >= 0.3 is 0 Å². The number of aromatic nitrogens is 2. The molecule has 3 rings (SSSR count). The van der Waals surface area contributed by atoms with E-state index in [1.807, 2.05) is 31.2 Å². The highest BCUT2D eigenvalue weighted by molar-refractivity contribution is 5.95. The molecule has 120 valence electrons. The van der Waals surface area contributed by atoms with Crippen molar-refractivity contribution >= 4 is 17.4 Å². The SMILES string of the molecule is CCc1ncnc(NCc2ccc(N3CCCC3=O)cc2)c1F. The Labute approximate surface area is 134 Å². The zero-order valence-electron chi connectivity index (χ0n) is 13.1. The van der Waals surface area contributed by atoms with Crippen LogP contribution in [0.25, 0.3) is 0 Å². The summed E-state index contributed by atoms with van der Waals surface area (Å²) in [6, 6.07) is 7.73. The monoisotopic (exact) mass is 314 g/mol. The molecule has 1 saturated heterocycles. The van der Waals surface area contributed by atoms with Gasteiger partial charge in [-0.1, -0.05) is 19.1 Å². The van der Waals surface area contributed by atoms with Crippen LogP contribution in [0.15, 0.2) is 30.6 Å². The first-order valence-electron chi connectivity index (χ1n) is 7.81. The van der Waals surface area contributed by atoms with Gasteiger partial charge in [0.1, 0.15) is 6.33 Å². The van der Waals surface area contributed by atoms with Crippen molar-refractivity contribution in [1.29, 1.82) is 0 Å². The molecule has 1 aromatic carbocycles. The average molecular weight is 314 g/mol. The lowest BCUT2D eigenvalue weighted by Gasteiger charge is -2.16. The van der Waals surface area contributed by atoms with E-state index in [9.17, 15) is 9.18 Å². The molecule has 0 atom stereocenters. The standard InChI is InChI=1S/C17H19FN4O/c1-2-14-16(18)17(21-11-20-14)19-10-12-5-7-13(8-6-12)22-9-3-4-15(22)23/h5-8,11H,2-4,9-10H2,1H3,(H,19,20,21). The summed E-state index contributed by atoms with van der Waals surface area (Å²) in [5.41, 5.74) is 2.32. The van der Waals surface area contributed by atoms with Gasteiger partial charge < -0.3 is 10.2 Å². The maximum atomic E-state index is 14.1. The molecule has 1 aliphatic heterocycles. The van der Waals surface area contributed by atoms with Crippen LogP contribution in [0.2, 0.25) is 0 Å². The van der Waals surface area contributed by atoms with E-state index in [0.717, 1.165) is 24.2 Å². The number of aryl methyl sites for hydroxylation is 1. The zero-order valence-corrected chi connectivity index (χ0v) is 13.1. The molecule has 1 N–H and O–H groups in total. The fraction of sp³-hybridized carbons (Fsp3) is 0.353. The number of carbonyl (C=O) groups is 1. The zero-order chi connectivity index (χ0) is 16.2. The molecule has 2 heterocycles. The molecule has 2 aromatic rings. The van der Waals surface area contributed by atoms with Crippen LogP contribution in [0.3, 0.4) is 0 Å². The first-order valence-corrected chi connectivity index (χ1v) is 7.81. The second-order valence-electron chi connectivity index (χ2n) is 5.51. The minimum Gasteiger partial charge on any atom is -0.363 e. The molecule has 1 aromatic heterocycles. The van der Waals surface area contributed by atoms with Gasteiger partial charge in [-0.2, -0.15) is 0 Å². The van der Waals surface area contributed by atoms with Crippen molar-refractivity contribution in [3.05, 3.63) is 47.7 Å². The molecule has 1 aliphatic rings. The van der Waals surface area contributed by atoms with Crippen molar-refractivity contribution in [3.8, 4) is 0 Å². The molecule has 1 fully saturated rings. The fourth-order valence-corrected chi connectivity index (χ4v) is 2.68. The molecule has 0 radical (unpaired) electrons. The summed E-state index contributed by atoms with van der Waals surface area (Å²) in [7, 11) is 0. The largest absolute Gasteiger partial charge is 0.363 e. The van der Waals surface area contributed by atoms with Crippen LogP contribution in [0, 0.1) is 5.82 Å². The minimum absolute atomic E-state index is 0.172. The maximum absolute atomic E-state index is 14.1. The van der Waals surface area contributed by atoms with Gasteiger partial charge in [-0.3, -0.25) is 4.79 Å². The first kappa shape index (κ1) is 15.4. The van der Waals surface area contributed by atoms with Crippen LogP contribution in [0.4, 0.5) is 15.9 Å². The van der Waals surface area contributed by atoms with Gasteiger partial charge in [0.25, 0.3) is 0 Å². The van der Waals surface area contributed by atoms with Crippen LogP contribution in [-0.2, 0) is 17.8 Å². The number of carbonyl (C=O) groups excluding carboxylic acids is 1. The number of halogens is 1. The normalized spacial score (nSPS) is 14.3. The van der Waals surface area contributed by atoms with Crippen LogP contribution in [0.5, 0.6) is 0 Å². The molecule has 0 spiro atoms. The average Bonchev–Trinajstić information content (AvgIpc) is 3.00. The number of hydrogen-bond acceptors (Lipinski definition) is 4. The molecule has 0 bridgehead atoms. The summed E-state index contributed by atoms with van der Waals surface area (Å²) in [6.45, 7) is 3.10. The van der Waals surface area contributed by atoms with Crippen LogP contribution in [0.1, 0.15) is 31.0 Å². The predicted molar refractivity (Wildman–Crippen MR) is 86.7 cm³/mol. The van der Waals surface area contributed by atoms with Crippen molar-refractivity contribution in [1.82, 2.24) is 9.97 Å². The summed E-state index contributed by atoms with van der Waals surface area (Å²) >= 11 is 0. The van der Waals surface area contributed by atoms with Crippen molar-refractivity contribution < 1.29 is 9.18 Å². The Morgan fingerprint density at radius 1 is 1.26 bits per heavy atom. The van der Waals surface area contributed by atoms with E-state index < -0.39 is 5.82 Å². The Morgan fingerprint density at radius 2 is 2.04 bits per heavy atom. The molecule has 0 saturated carbocycles. The number of rotatable bonds is 5. The highest BCUT2D eigenvalue weighted by Crippen LogP contribution is 2.22. The highest BCUT2D eigenvalue weighted by atomic mass is 19.1. The Morgan fingerprint density at radius 3 is 2.70 bits per heavy atom. The van der Waals surface area contributed by atoms with Crippen molar-refractivity contribution in [3.63, 3.8) is 0 Å². The van der Waals surface area contributed by atoms with Gasteiger partial charge in [-0.15, -0.1) is 0 Å². The lowest BCUT2D eigenvalue weighted by molar-refractivity contribution is -0.117. The third kappa shape index (κ3) is 3.31. The topological polar surface area (TPSA) is 58.1 Å². The lowest BCUT2D eigenvalue weighted by Crippen LogP contribution is -2.23. The lowest BCUT2D eigenvalue weighted by atomic mass is 10.2. The van der Waals surface area contributed by atoms with Gasteiger partial charge in [0, 0.05) is 25.2 Å². The Kier molecular flexibility index (Phi) is 4.50. The molecular weight excluding hydrogens is 295 g/mol. The van der Waals surface area contributed by atoms with Gasteiger partial charge in [0.05, 0.1) is 5.69 Å². The smallest absolute Gasteiger partial charge is 0.227 e. The Balaban J connectivity index is 1.66. The van der Waals surface area contributed by atoms with E-state index in [1.54, 1.807) is 4.90 Å². The summed E-state index contributed by atoms with van der Waals surface area (Å²) in [5.74, 6) is -0.00374. The molecule has 6 heteroatoms. The number of nitrogens with zero attached hydrogens (tertiary/aromatic N) is 3. The number of benzene rings is 1. The number of hydrogen-bond donors (Lipinski definition) is 1. The van der Waals surface area contributed by atoms with Crippen LogP contribution >= 0.6 is 0 Å². The Hall–Kier alpha value is -2.50. The van der Waals surface area contributed by atoms with Gasteiger partial charge in [0.15, 0.2) is 11.6 Å². The fourth-order valence-electron chi connectivity index (χ4n) is 2.68. The summed E-state index contributed by atoms with van der Waals surface area (Å²) in [4.78, 5) is 21.4. The molecule has 0 unspecified atom stereocenters. The number of anilines is 2. The van der Waals surface area contributed by atoms with E-state index in [-0.39, 0.29) is 11.7 Å². The summed E-state index contributed by atoms with van der Waals surface area (Å²) < 4.78 is 14.1. The van der Waals surface area contributed by atoms with E-state index in [4.69, 9.17) is 0 Å². The van der Waals surface area contributed by atoms with Gasteiger partial charge in [0.2, 0.25) is 5.91 Å². The van der Waals surface area contributed by atoms with Gasteiger partial charge in [-0.25, -0.2) is 14.4 Å². The highest BCUT2D eigenvalue weighted by Gasteiger charge is 2.21. The van der Waals surface area contributed by atoms with E-state index in [2.05, 4.69) is 15.3 Å². The third-order valence-electron chi connectivity index (χ3n) is 3.98. The molecule has 23 heavy (non-hydrogen) atoms. The second-order valence-corrected chi connectivity index (χ2v) is 5.51. The summed E-state index contributed by atoms with van der Waals surface area (Å²) in [5, 5.41) is 3.00. The molecular formula is C17H19FN4O. The van der Waals surface area contributed by atoms with E-state index in [0.29, 0.717) is 25.1 Å². The van der Waals surface area contributed by atoms with Crippen molar-refractivity contribution in [2.75, 3.05) is 16.8 Å². The first-order chi connectivity index (χ1) is 11.2. The van der Waals surface area contributed by atoms with Crippen LogP contribution < -0.4 is 10.2 Å². The quantitative estimate of drug-likeness (QED) is 0.922. The Bertz CT molecular complexity index is 702. The van der Waals surface area contributed by atoms with Crippen molar-refractivity contribution in [2.45, 2.75) is 32.7 Å². The van der Waals surface area contributed by atoms with Crippen molar-refractivity contribution in [2.24, 2.45) is 0 Å². The minimum atomic E-state index is -0.394. The van der Waals surface area contributed by atoms with Gasteiger partial charge in [-0.05, 0) is 30.5 Å². The number of nitrogens with one attached hydrogen (secondary N) is 1. The molecule has 0 aliphatic carbocycles. The maximum Gasteiger partial charge on any atom is 0.227 e. The molecule has 5 nitrogen and oxygen atoms in total. The summed E-state index contributed by atoms with van der Waals surface area (Å²) in [6.07, 6.45) is 3.43. The second kappa shape index (κ2) is 6.73. The number of amides is 1. The van der Waals surface area contributed by atoms with Crippen LogP contribution in [-0.4, -0.2) is 22.4 Å². The third-order valence-corrected chi connectivity index (χ3v) is 3.98. The molecule has 1 amide bonds. The predicted octanol–water partition coefficient (Wildman–Crippen LogP) is 2.92. The van der Waals surface area contributed by atoms with E-state index in [1.165, 1.54) is 6.33 Å².